The van der Waals surface area contributed by atoms with E-state index in [4.69, 9.17) is 9.47 Å². The Morgan fingerprint density at radius 3 is 2.22 bits per heavy atom. The van der Waals surface area contributed by atoms with Crippen molar-refractivity contribution in [3.05, 3.63) is 35.9 Å². The molecule has 1 amide bonds. The van der Waals surface area contributed by atoms with Crippen LogP contribution in [0.1, 0.15) is 26.3 Å². The van der Waals surface area contributed by atoms with Gasteiger partial charge in [0, 0.05) is 0 Å². The van der Waals surface area contributed by atoms with Crippen molar-refractivity contribution in [1.82, 2.24) is 5.32 Å². The molecule has 1 aromatic carbocycles. The molecule has 6 nitrogen and oxygen atoms in total. The number of benzene rings is 1. The normalized spacial score (nSPS) is 12.6. The van der Waals surface area contributed by atoms with E-state index in [9.17, 15) is 9.59 Å². The van der Waals surface area contributed by atoms with Crippen molar-refractivity contribution in [1.29, 1.82) is 0 Å². The van der Waals surface area contributed by atoms with Gasteiger partial charge in [0.25, 0.3) is 0 Å². The molecule has 0 fully saturated rings. The summed E-state index contributed by atoms with van der Waals surface area (Å²) >= 11 is 0. The number of amides is 1. The van der Waals surface area contributed by atoms with E-state index in [2.05, 4.69) is 10.1 Å². The third-order valence-corrected chi connectivity index (χ3v) is 2.72. The molecule has 126 valence electrons. The van der Waals surface area contributed by atoms with Gasteiger partial charge in [-0.3, -0.25) is 0 Å². The van der Waals surface area contributed by atoms with Crippen molar-refractivity contribution in [2.24, 2.45) is 0 Å². The number of hydrogen-bond donors (Lipinski definition) is 1. The number of nitrogens with one attached hydrogen (secondary N) is 1. The van der Waals surface area contributed by atoms with Gasteiger partial charge < -0.3 is 19.5 Å². The fourth-order valence-electron chi connectivity index (χ4n) is 1.67. The van der Waals surface area contributed by atoms with Gasteiger partial charge >= 0.3 is 12.1 Å². The first-order valence-corrected chi connectivity index (χ1v) is 7.15. The maximum Gasteiger partial charge on any atom is 0.408 e. The number of esters is 1. The molecule has 6 heteroatoms. The summed E-state index contributed by atoms with van der Waals surface area (Å²) in [5, 5.41) is 2.47. The molecule has 1 aromatic rings. The lowest BCUT2D eigenvalue weighted by Crippen LogP contribution is -2.42. The van der Waals surface area contributed by atoms with Crippen molar-refractivity contribution in [2.45, 2.75) is 32.4 Å². The topological polar surface area (TPSA) is 73.9 Å². The largest absolute Gasteiger partial charge is 0.497 e. The Morgan fingerprint density at radius 2 is 1.74 bits per heavy atom. The standard InChI is InChI=1S/C17H23NO5/c1-17(2,3)23-16(20)18-14(15(19)22-5)11-8-12-6-9-13(21-4)10-7-12/h6-11,14H,1-5H3,(H,18,20)/b11-8+. The monoisotopic (exact) mass is 321 g/mol. The lowest BCUT2D eigenvalue weighted by atomic mass is 10.1. The van der Waals surface area contributed by atoms with Crippen molar-refractivity contribution < 1.29 is 23.8 Å². The van der Waals surface area contributed by atoms with Gasteiger partial charge in [-0.1, -0.05) is 24.3 Å². The van der Waals surface area contributed by atoms with E-state index in [1.807, 2.05) is 12.1 Å². The number of alkyl carbamates (subject to hydrolysis) is 1. The maximum atomic E-state index is 11.8. The predicted octanol–water partition coefficient (Wildman–Crippen LogP) is 2.77. The third kappa shape index (κ3) is 6.86. The Morgan fingerprint density at radius 1 is 1.13 bits per heavy atom. The Labute approximate surface area is 136 Å². The maximum absolute atomic E-state index is 11.8. The smallest absolute Gasteiger partial charge is 0.408 e. The highest BCUT2D eigenvalue weighted by molar-refractivity contribution is 5.84. The second-order valence-corrected chi connectivity index (χ2v) is 5.78. The minimum atomic E-state index is -0.933. The molecule has 1 unspecified atom stereocenters. The number of rotatable bonds is 5. The molecule has 0 aromatic heterocycles. The van der Waals surface area contributed by atoms with Crippen LogP contribution < -0.4 is 10.1 Å². The Hall–Kier alpha value is -2.50. The average Bonchev–Trinajstić information content (AvgIpc) is 2.49. The number of ether oxygens (including phenoxy) is 3. The second-order valence-electron chi connectivity index (χ2n) is 5.78. The lowest BCUT2D eigenvalue weighted by molar-refractivity contribution is -0.141. The quantitative estimate of drug-likeness (QED) is 0.844. The van der Waals surface area contributed by atoms with Crippen molar-refractivity contribution in [2.75, 3.05) is 14.2 Å². The van der Waals surface area contributed by atoms with Gasteiger partial charge in [-0.25, -0.2) is 9.59 Å². The van der Waals surface area contributed by atoms with Gasteiger partial charge in [0.1, 0.15) is 17.4 Å². The number of hydrogen-bond acceptors (Lipinski definition) is 5. The molecule has 1 atom stereocenters. The zero-order chi connectivity index (χ0) is 17.5. The number of methoxy groups -OCH3 is 2. The summed E-state index contributed by atoms with van der Waals surface area (Å²) in [6.07, 6.45) is 2.56. The van der Waals surface area contributed by atoms with Crippen molar-refractivity contribution in [3.8, 4) is 5.75 Å². The number of carbonyl (C=O) groups excluding carboxylic acids is 2. The highest BCUT2D eigenvalue weighted by Crippen LogP contribution is 2.13. The first kappa shape index (κ1) is 18.5. The molecule has 0 aliphatic rings. The summed E-state index contributed by atoms with van der Waals surface area (Å²) in [6.45, 7) is 5.23. The molecule has 0 bridgehead atoms. The Kier molecular flexibility index (Phi) is 6.63. The molecule has 1 N–H and O–H groups in total. The van der Waals surface area contributed by atoms with E-state index in [-0.39, 0.29) is 0 Å². The molecular formula is C17H23NO5. The van der Waals surface area contributed by atoms with Crippen molar-refractivity contribution in [3.63, 3.8) is 0 Å². The minimum absolute atomic E-state index is 0.583. The van der Waals surface area contributed by atoms with E-state index in [0.717, 1.165) is 11.3 Å². The average molecular weight is 321 g/mol. The van der Waals surface area contributed by atoms with Crippen LogP contribution in [-0.2, 0) is 14.3 Å². The number of carbonyl (C=O) groups is 2. The van der Waals surface area contributed by atoms with E-state index in [1.54, 1.807) is 46.1 Å². The Bertz CT molecular complexity index is 557. The third-order valence-electron chi connectivity index (χ3n) is 2.72. The van der Waals surface area contributed by atoms with Crippen LogP contribution in [0.25, 0.3) is 6.08 Å². The van der Waals surface area contributed by atoms with Crippen LogP contribution >= 0.6 is 0 Å². The molecule has 0 saturated carbocycles. The minimum Gasteiger partial charge on any atom is -0.497 e. The van der Waals surface area contributed by atoms with Gasteiger partial charge in [0.05, 0.1) is 14.2 Å². The molecule has 1 rings (SSSR count). The first-order chi connectivity index (χ1) is 10.7. The van der Waals surface area contributed by atoms with Crippen LogP contribution in [0.2, 0.25) is 0 Å². The SMILES string of the molecule is COC(=O)C(/C=C/c1ccc(OC)cc1)NC(=O)OC(C)(C)C. The molecular weight excluding hydrogens is 298 g/mol. The van der Waals surface area contributed by atoms with Crippen LogP contribution in [0.5, 0.6) is 5.75 Å². The van der Waals surface area contributed by atoms with Gasteiger partial charge in [-0.15, -0.1) is 0 Å². The van der Waals surface area contributed by atoms with E-state index >= 15 is 0 Å². The summed E-state index contributed by atoms with van der Waals surface area (Å²) in [4.78, 5) is 23.6. The Balaban J connectivity index is 2.79. The lowest BCUT2D eigenvalue weighted by Gasteiger charge is -2.21. The van der Waals surface area contributed by atoms with E-state index < -0.39 is 23.7 Å². The summed E-state index contributed by atoms with van der Waals surface area (Å²) in [5.41, 5.74) is 0.204. The zero-order valence-electron chi connectivity index (χ0n) is 14.1. The van der Waals surface area contributed by atoms with Gasteiger partial charge in [-0.2, -0.15) is 0 Å². The summed E-state index contributed by atoms with van der Waals surface area (Å²) < 4.78 is 14.9. The van der Waals surface area contributed by atoms with Crippen LogP contribution in [0.3, 0.4) is 0 Å². The molecule has 23 heavy (non-hydrogen) atoms. The molecule has 0 radical (unpaired) electrons. The van der Waals surface area contributed by atoms with Crippen LogP contribution in [0, 0.1) is 0 Å². The van der Waals surface area contributed by atoms with E-state index in [1.165, 1.54) is 13.2 Å². The summed E-state index contributed by atoms with van der Waals surface area (Å²) in [7, 11) is 2.84. The predicted molar refractivity (Wildman–Crippen MR) is 87.2 cm³/mol. The van der Waals surface area contributed by atoms with Gasteiger partial charge in [0.15, 0.2) is 0 Å². The fraction of sp³-hybridized carbons (Fsp3) is 0.412. The fourth-order valence-corrected chi connectivity index (χ4v) is 1.67. The summed E-state index contributed by atoms with van der Waals surface area (Å²) in [5.74, 6) is 0.152. The zero-order valence-corrected chi connectivity index (χ0v) is 14.1. The van der Waals surface area contributed by atoms with Crippen LogP contribution in [0.4, 0.5) is 4.79 Å². The molecule has 0 aliphatic carbocycles. The van der Waals surface area contributed by atoms with Crippen molar-refractivity contribution >= 4 is 18.1 Å². The van der Waals surface area contributed by atoms with Gasteiger partial charge in [-0.05, 0) is 38.5 Å². The van der Waals surface area contributed by atoms with E-state index in [0.29, 0.717) is 0 Å². The highest BCUT2D eigenvalue weighted by atomic mass is 16.6. The molecule has 0 spiro atoms. The molecule has 0 heterocycles. The second kappa shape index (κ2) is 8.22. The van der Waals surface area contributed by atoms with Crippen LogP contribution in [0.15, 0.2) is 30.3 Å². The molecule has 0 aliphatic heterocycles. The first-order valence-electron chi connectivity index (χ1n) is 7.15. The van der Waals surface area contributed by atoms with Crippen LogP contribution in [-0.4, -0.2) is 37.9 Å². The molecule has 0 saturated heterocycles. The van der Waals surface area contributed by atoms with Gasteiger partial charge in [0.2, 0.25) is 0 Å². The summed E-state index contributed by atoms with van der Waals surface area (Å²) in [6, 6.07) is 6.33. The highest BCUT2D eigenvalue weighted by Gasteiger charge is 2.22.